The zero-order chi connectivity index (χ0) is 15.3. The van der Waals surface area contributed by atoms with Crippen LogP contribution in [-0.4, -0.2) is 21.7 Å². The van der Waals surface area contributed by atoms with Crippen LogP contribution < -0.4 is 10.5 Å². The Bertz CT molecular complexity index is 933. The van der Waals surface area contributed by atoms with Crippen molar-refractivity contribution in [1.82, 2.24) is 15.2 Å². The van der Waals surface area contributed by atoms with E-state index in [-0.39, 0.29) is 10.6 Å². The van der Waals surface area contributed by atoms with Gasteiger partial charge in [0.25, 0.3) is 5.56 Å². The van der Waals surface area contributed by atoms with Crippen LogP contribution >= 0.6 is 27.5 Å². The minimum atomic E-state index is -0.355. The van der Waals surface area contributed by atoms with Gasteiger partial charge < -0.3 is 9.88 Å². The van der Waals surface area contributed by atoms with E-state index in [2.05, 4.69) is 48.1 Å². The first-order valence-electron chi connectivity index (χ1n) is 6.90. The first-order chi connectivity index (χ1) is 10.6. The van der Waals surface area contributed by atoms with Crippen molar-refractivity contribution in [2.24, 2.45) is 0 Å². The number of aromatic amines is 2. The zero-order valence-electron chi connectivity index (χ0n) is 11.5. The third-order valence-corrected chi connectivity index (χ3v) is 4.91. The predicted molar refractivity (Wildman–Crippen MR) is 90.6 cm³/mol. The molecule has 7 heteroatoms. The van der Waals surface area contributed by atoms with Gasteiger partial charge in [0.2, 0.25) is 0 Å². The van der Waals surface area contributed by atoms with Crippen LogP contribution in [0.2, 0.25) is 5.02 Å². The smallest absolute Gasteiger partial charge is 0.285 e. The minimum absolute atomic E-state index is 0.194. The van der Waals surface area contributed by atoms with Crippen molar-refractivity contribution in [2.45, 2.75) is 13.0 Å². The topological polar surface area (TPSA) is 64.8 Å². The molecule has 2 N–H and O–H groups in total. The number of halogens is 2. The summed E-state index contributed by atoms with van der Waals surface area (Å²) in [6.07, 6.45) is 2.49. The number of hydrogen-bond acceptors (Lipinski definition) is 3. The number of benzene rings is 1. The summed E-state index contributed by atoms with van der Waals surface area (Å²) in [5.74, 6) is 0. The van der Waals surface area contributed by atoms with Crippen LogP contribution in [0.5, 0.6) is 0 Å². The van der Waals surface area contributed by atoms with Crippen LogP contribution in [0.1, 0.15) is 11.3 Å². The molecule has 3 aromatic rings. The standard InChI is InChI=1S/C15H12BrClN4O/c16-8-1-2-11-9(5-8)10-7-21(4-3-12(10)19-11)13-6-18-20-15(22)14(13)17/h1-2,5-6,19H,3-4,7H2,(H,20,22). The van der Waals surface area contributed by atoms with E-state index in [1.165, 1.54) is 16.6 Å². The van der Waals surface area contributed by atoms with Gasteiger partial charge >= 0.3 is 0 Å². The van der Waals surface area contributed by atoms with Gasteiger partial charge in [-0.1, -0.05) is 27.5 Å². The average molecular weight is 380 g/mol. The normalized spacial score (nSPS) is 14.4. The number of nitrogens with zero attached hydrogens (tertiary/aromatic N) is 2. The van der Waals surface area contributed by atoms with Crippen LogP contribution in [-0.2, 0) is 13.0 Å². The maximum Gasteiger partial charge on any atom is 0.285 e. The summed E-state index contributed by atoms with van der Waals surface area (Å²) in [5, 5.41) is 7.61. The van der Waals surface area contributed by atoms with Gasteiger partial charge in [0.15, 0.2) is 0 Å². The summed E-state index contributed by atoms with van der Waals surface area (Å²) < 4.78 is 1.05. The Balaban J connectivity index is 1.80. The largest absolute Gasteiger partial charge is 0.364 e. The van der Waals surface area contributed by atoms with Crippen molar-refractivity contribution in [3.63, 3.8) is 0 Å². The Labute approximate surface area is 139 Å². The Morgan fingerprint density at radius 2 is 2.23 bits per heavy atom. The fraction of sp³-hybridized carbons (Fsp3) is 0.200. The van der Waals surface area contributed by atoms with E-state index in [0.717, 1.165) is 23.0 Å². The van der Waals surface area contributed by atoms with E-state index in [0.29, 0.717) is 12.2 Å². The summed E-state index contributed by atoms with van der Waals surface area (Å²) in [6.45, 7) is 1.50. The highest BCUT2D eigenvalue weighted by Gasteiger charge is 2.23. The molecule has 0 saturated carbocycles. The lowest BCUT2D eigenvalue weighted by molar-refractivity contribution is 0.721. The molecule has 3 heterocycles. The van der Waals surface area contributed by atoms with Gasteiger partial charge in [0.05, 0.1) is 11.9 Å². The number of aromatic nitrogens is 3. The number of hydrogen-bond donors (Lipinski definition) is 2. The second-order valence-electron chi connectivity index (χ2n) is 5.34. The van der Waals surface area contributed by atoms with E-state index in [1.807, 2.05) is 6.07 Å². The monoisotopic (exact) mass is 378 g/mol. The third-order valence-electron chi connectivity index (χ3n) is 4.06. The predicted octanol–water partition coefficient (Wildman–Crippen LogP) is 3.23. The molecule has 1 aliphatic heterocycles. The molecule has 0 fully saturated rings. The number of anilines is 1. The first-order valence-corrected chi connectivity index (χ1v) is 8.07. The number of nitrogens with one attached hydrogen (secondary N) is 2. The molecule has 0 aliphatic carbocycles. The van der Waals surface area contributed by atoms with Crippen LogP contribution in [0.3, 0.4) is 0 Å². The van der Waals surface area contributed by atoms with Gasteiger partial charge in [0, 0.05) is 46.1 Å². The van der Waals surface area contributed by atoms with Crippen LogP contribution in [0.15, 0.2) is 33.7 Å². The molecule has 4 rings (SSSR count). The highest BCUT2D eigenvalue weighted by atomic mass is 79.9. The van der Waals surface area contributed by atoms with E-state index in [1.54, 1.807) is 6.20 Å². The Morgan fingerprint density at radius 1 is 1.36 bits per heavy atom. The van der Waals surface area contributed by atoms with Crippen molar-refractivity contribution >= 4 is 44.1 Å². The van der Waals surface area contributed by atoms with Crippen molar-refractivity contribution in [3.05, 3.63) is 55.5 Å². The quantitative estimate of drug-likeness (QED) is 0.682. The van der Waals surface area contributed by atoms with E-state index >= 15 is 0 Å². The van der Waals surface area contributed by atoms with E-state index in [4.69, 9.17) is 11.6 Å². The van der Waals surface area contributed by atoms with Crippen LogP contribution in [0, 0.1) is 0 Å². The maximum atomic E-state index is 11.6. The van der Waals surface area contributed by atoms with Crippen LogP contribution in [0.25, 0.3) is 10.9 Å². The maximum absolute atomic E-state index is 11.6. The highest BCUT2D eigenvalue weighted by molar-refractivity contribution is 9.10. The van der Waals surface area contributed by atoms with Gasteiger partial charge in [0.1, 0.15) is 5.02 Å². The molecule has 0 bridgehead atoms. The van der Waals surface area contributed by atoms with Crippen LogP contribution in [0.4, 0.5) is 5.69 Å². The Morgan fingerprint density at radius 3 is 3.09 bits per heavy atom. The van der Waals surface area contributed by atoms with Crippen molar-refractivity contribution in [3.8, 4) is 0 Å². The van der Waals surface area contributed by atoms with Crippen molar-refractivity contribution in [1.29, 1.82) is 0 Å². The van der Waals surface area contributed by atoms with Gasteiger partial charge in [-0.2, -0.15) is 5.10 Å². The summed E-state index contributed by atoms with van der Waals surface area (Å²) in [7, 11) is 0. The number of rotatable bonds is 1. The molecule has 1 aromatic carbocycles. The summed E-state index contributed by atoms with van der Waals surface area (Å²) in [5.41, 5.74) is 3.95. The van der Waals surface area contributed by atoms with E-state index in [9.17, 15) is 4.79 Å². The zero-order valence-corrected chi connectivity index (χ0v) is 13.8. The number of fused-ring (bicyclic) bond motifs is 3. The second kappa shape index (κ2) is 5.14. The van der Waals surface area contributed by atoms with E-state index < -0.39 is 0 Å². The van der Waals surface area contributed by atoms with Gasteiger partial charge in [-0.15, -0.1) is 0 Å². The molecule has 0 saturated heterocycles. The highest BCUT2D eigenvalue weighted by Crippen LogP contribution is 2.32. The van der Waals surface area contributed by atoms with Gasteiger partial charge in [-0.3, -0.25) is 4.79 Å². The summed E-state index contributed by atoms with van der Waals surface area (Å²) in [6, 6.07) is 6.22. The lowest BCUT2D eigenvalue weighted by atomic mass is 10.0. The lowest BCUT2D eigenvalue weighted by Gasteiger charge is -2.29. The summed E-state index contributed by atoms with van der Waals surface area (Å²) >= 11 is 9.65. The Kier molecular flexibility index (Phi) is 3.23. The number of H-pyrrole nitrogens is 2. The average Bonchev–Trinajstić information content (AvgIpc) is 2.87. The molecule has 0 unspecified atom stereocenters. The summed E-state index contributed by atoms with van der Waals surface area (Å²) in [4.78, 5) is 17.2. The van der Waals surface area contributed by atoms with Crippen molar-refractivity contribution < 1.29 is 0 Å². The Hall–Kier alpha value is -1.79. The van der Waals surface area contributed by atoms with Gasteiger partial charge in [-0.05, 0) is 18.2 Å². The lowest BCUT2D eigenvalue weighted by Crippen LogP contribution is -2.31. The fourth-order valence-electron chi connectivity index (χ4n) is 2.99. The molecule has 0 atom stereocenters. The third kappa shape index (κ3) is 2.14. The molecule has 2 aromatic heterocycles. The molecular formula is C15H12BrClN4O. The molecular weight excluding hydrogens is 368 g/mol. The molecule has 5 nitrogen and oxygen atoms in total. The second-order valence-corrected chi connectivity index (χ2v) is 6.64. The molecule has 112 valence electrons. The molecule has 0 amide bonds. The fourth-order valence-corrected chi connectivity index (χ4v) is 3.56. The SMILES string of the molecule is O=c1[nH]ncc(N2CCc3[nH]c4ccc(Br)cc4c3C2)c1Cl. The van der Waals surface area contributed by atoms with Crippen molar-refractivity contribution in [2.75, 3.05) is 11.4 Å². The first kappa shape index (κ1) is 13.8. The minimum Gasteiger partial charge on any atom is -0.364 e. The molecule has 22 heavy (non-hydrogen) atoms. The molecule has 1 aliphatic rings. The molecule has 0 radical (unpaired) electrons. The molecule has 0 spiro atoms. The van der Waals surface area contributed by atoms with Gasteiger partial charge in [-0.25, -0.2) is 5.10 Å².